The monoisotopic (exact) mass is 459 g/mol. The number of aliphatic hydroxyl groups is 1. The zero-order valence-corrected chi connectivity index (χ0v) is 15.0. The van der Waals surface area contributed by atoms with E-state index in [0.717, 1.165) is 14.7 Å². The minimum atomic E-state index is -2.28. The van der Waals surface area contributed by atoms with Crippen LogP contribution in [0.25, 0.3) is 0 Å². The number of nitrogens with two attached hydrogens (primary N) is 1. The van der Waals surface area contributed by atoms with Gasteiger partial charge in [-0.05, 0) is 40.8 Å². The van der Waals surface area contributed by atoms with Crippen molar-refractivity contribution in [2.45, 2.75) is 18.0 Å². The molecular weight excluding hydrogens is 444 g/mol. The highest BCUT2D eigenvalue weighted by molar-refractivity contribution is 14.1. The van der Waals surface area contributed by atoms with Gasteiger partial charge in [0, 0.05) is 15.3 Å². The second-order valence-electron chi connectivity index (χ2n) is 5.59. The molecule has 0 spiro atoms. The molecule has 1 aromatic carbocycles. The van der Waals surface area contributed by atoms with Crippen molar-refractivity contribution in [3.8, 4) is 0 Å². The molecule has 2 aliphatic heterocycles. The van der Waals surface area contributed by atoms with Gasteiger partial charge in [0.1, 0.15) is 6.10 Å². The molecule has 0 bridgehead atoms. The normalized spacial score (nSPS) is 28.7. The second-order valence-corrected chi connectivity index (χ2v) is 6.84. The maximum Gasteiger partial charge on any atom is 0.326 e. The van der Waals surface area contributed by atoms with Crippen LogP contribution in [0.5, 0.6) is 0 Å². The van der Waals surface area contributed by atoms with E-state index in [1.807, 2.05) is 0 Å². The molecule has 0 saturated heterocycles. The third kappa shape index (κ3) is 3.32. The number of halogens is 2. The van der Waals surface area contributed by atoms with Gasteiger partial charge in [0.25, 0.3) is 0 Å². The molecule has 0 radical (unpaired) electrons. The average Bonchev–Trinajstić information content (AvgIpc) is 3.07. The zero-order valence-electron chi connectivity index (χ0n) is 12.9. The quantitative estimate of drug-likeness (QED) is 0.357. The van der Waals surface area contributed by atoms with Crippen LogP contribution in [0.2, 0.25) is 0 Å². The Morgan fingerprint density at radius 2 is 2.08 bits per heavy atom. The lowest BCUT2D eigenvalue weighted by Gasteiger charge is -2.37. The number of carbonyl (C=O) groups excluding carboxylic acids is 2. The summed E-state index contributed by atoms with van der Waals surface area (Å²) in [4.78, 5) is 25.9. The number of Topliss-reactive ketones (excluding diaryl/α,β-unsaturated/α-hetero) is 1. The van der Waals surface area contributed by atoms with Gasteiger partial charge in [0.05, 0.1) is 6.61 Å². The van der Waals surface area contributed by atoms with E-state index in [9.17, 15) is 14.0 Å². The predicted molar refractivity (Wildman–Crippen MR) is 94.9 cm³/mol. The van der Waals surface area contributed by atoms with E-state index >= 15 is 0 Å². The highest BCUT2D eigenvalue weighted by Crippen LogP contribution is 2.27. The predicted octanol–water partition coefficient (Wildman–Crippen LogP) is 1.24. The summed E-state index contributed by atoms with van der Waals surface area (Å²) in [7, 11) is 0. The summed E-state index contributed by atoms with van der Waals surface area (Å²) in [6, 6.07) is 5.61. The maximum absolute atomic E-state index is 14.6. The minimum absolute atomic E-state index is 0.178. The number of ketones is 1. The maximum atomic E-state index is 14.6. The van der Waals surface area contributed by atoms with Crippen molar-refractivity contribution >= 4 is 34.4 Å². The number of carbonyl (C=O) groups is 2. The van der Waals surface area contributed by atoms with E-state index in [0.29, 0.717) is 0 Å². The molecule has 0 aromatic heterocycles. The molecule has 0 fully saturated rings. The Morgan fingerprint density at radius 3 is 2.68 bits per heavy atom. The van der Waals surface area contributed by atoms with Crippen LogP contribution in [-0.2, 0) is 4.74 Å². The van der Waals surface area contributed by atoms with Gasteiger partial charge in [0.2, 0.25) is 11.4 Å². The van der Waals surface area contributed by atoms with Gasteiger partial charge in [-0.1, -0.05) is 18.2 Å². The zero-order chi connectivity index (χ0) is 18.2. The lowest BCUT2D eigenvalue weighted by Crippen LogP contribution is -2.67. The molecule has 0 saturated carbocycles. The summed E-state index contributed by atoms with van der Waals surface area (Å²) in [6.07, 6.45) is 2.45. The summed E-state index contributed by atoms with van der Waals surface area (Å²) >= 11 is 2.07. The van der Waals surface area contributed by atoms with Crippen molar-refractivity contribution in [2.24, 2.45) is 5.73 Å². The molecule has 7 nitrogen and oxygen atoms in total. The molecule has 0 aliphatic carbocycles. The number of benzene rings is 1. The first kappa shape index (κ1) is 18.0. The average molecular weight is 459 g/mol. The van der Waals surface area contributed by atoms with Crippen molar-refractivity contribution in [3.05, 3.63) is 57.6 Å². The summed E-state index contributed by atoms with van der Waals surface area (Å²) in [6.45, 7) is -0.263. The van der Waals surface area contributed by atoms with Crippen LogP contribution in [0.3, 0.4) is 0 Å². The number of amides is 2. The fraction of sp³-hybridized carbons (Fsp3) is 0.250. The Balaban J connectivity index is 1.86. The molecule has 2 heterocycles. The number of nitrogens with zero attached hydrogens (tertiary/aromatic N) is 1. The fourth-order valence-electron chi connectivity index (χ4n) is 2.51. The Bertz CT molecular complexity index is 767. The summed E-state index contributed by atoms with van der Waals surface area (Å²) < 4.78 is 20.9. The summed E-state index contributed by atoms with van der Waals surface area (Å²) in [5, 5.41) is 11.3. The Labute approximate surface area is 156 Å². The lowest BCUT2D eigenvalue weighted by molar-refractivity contribution is -0.0262. The van der Waals surface area contributed by atoms with Gasteiger partial charge in [-0.2, -0.15) is 0 Å². The number of nitrogens with one attached hydrogen (secondary N) is 1. The first-order valence-corrected chi connectivity index (χ1v) is 8.45. The van der Waals surface area contributed by atoms with E-state index in [4.69, 9.17) is 15.6 Å². The number of ether oxygens (including phenoxy) is 1. The van der Waals surface area contributed by atoms with Crippen LogP contribution in [0.4, 0.5) is 9.18 Å². The SMILES string of the molecule is NC1(C(=O)c2ccc(I)cc2)NC(=O)N([C@H]2C=C[C@@H](CO)O2)C=C1F. The van der Waals surface area contributed by atoms with Crippen molar-refractivity contribution in [3.63, 3.8) is 0 Å². The third-order valence-corrected chi connectivity index (χ3v) is 4.61. The van der Waals surface area contributed by atoms with Crippen LogP contribution in [0.15, 0.2) is 48.4 Å². The van der Waals surface area contributed by atoms with Crippen molar-refractivity contribution in [1.82, 2.24) is 10.2 Å². The molecule has 2 aliphatic rings. The van der Waals surface area contributed by atoms with Crippen molar-refractivity contribution in [1.29, 1.82) is 0 Å². The number of urea groups is 1. The van der Waals surface area contributed by atoms with Gasteiger partial charge < -0.3 is 15.2 Å². The smallest absolute Gasteiger partial charge is 0.326 e. The Kier molecular flexibility index (Phi) is 4.91. The molecule has 132 valence electrons. The van der Waals surface area contributed by atoms with E-state index < -0.39 is 35.6 Å². The standard InChI is InChI=1S/C16H15FIN3O4/c17-12-7-21(13-6-5-11(8-22)25-13)15(24)20-16(12,19)14(23)9-1-3-10(18)4-2-9/h1-7,11,13,22H,8,19H2,(H,20,24)/t11-,13+,16?/m0/s1. The van der Waals surface area contributed by atoms with Crippen LogP contribution in [-0.4, -0.2) is 46.4 Å². The molecule has 2 amide bonds. The van der Waals surface area contributed by atoms with Gasteiger partial charge in [0.15, 0.2) is 12.1 Å². The molecular formula is C16H15FIN3O4. The van der Waals surface area contributed by atoms with E-state index in [-0.39, 0.29) is 12.2 Å². The number of hydrogen-bond acceptors (Lipinski definition) is 5. The molecule has 25 heavy (non-hydrogen) atoms. The molecule has 9 heteroatoms. The molecule has 1 unspecified atom stereocenters. The molecule has 3 atom stereocenters. The summed E-state index contributed by atoms with van der Waals surface area (Å²) in [5.74, 6) is -1.78. The van der Waals surface area contributed by atoms with E-state index in [1.54, 1.807) is 18.2 Å². The van der Waals surface area contributed by atoms with Gasteiger partial charge in [-0.3, -0.25) is 15.4 Å². The van der Waals surface area contributed by atoms with E-state index in [2.05, 4.69) is 27.9 Å². The van der Waals surface area contributed by atoms with Crippen LogP contribution in [0.1, 0.15) is 10.4 Å². The number of hydrogen-bond donors (Lipinski definition) is 3. The van der Waals surface area contributed by atoms with Crippen LogP contribution < -0.4 is 11.1 Å². The first-order chi connectivity index (χ1) is 11.8. The Morgan fingerprint density at radius 1 is 1.40 bits per heavy atom. The van der Waals surface area contributed by atoms with Crippen molar-refractivity contribution < 1.29 is 23.8 Å². The van der Waals surface area contributed by atoms with Gasteiger partial charge in [-0.25, -0.2) is 9.18 Å². The molecule has 4 N–H and O–H groups in total. The largest absolute Gasteiger partial charge is 0.393 e. The van der Waals surface area contributed by atoms with Gasteiger partial charge in [-0.15, -0.1) is 0 Å². The highest BCUT2D eigenvalue weighted by atomic mass is 127. The van der Waals surface area contributed by atoms with Crippen LogP contribution >= 0.6 is 22.6 Å². The van der Waals surface area contributed by atoms with Gasteiger partial charge >= 0.3 is 6.03 Å². The Hall–Kier alpha value is -1.82. The van der Waals surface area contributed by atoms with Crippen molar-refractivity contribution in [2.75, 3.05) is 6.61 Å². The summed E-state index contributed by atoms with van der Waals surface area (Å²) in [5.41, 5.74) is 3.77. The minimum Gasteiger partial charge on any atom is -0.393 e. The highest BCUT2D eigenvalue weighted by Gasteiger charge is 2.47. The van der Waals surface area contributed by atoms with E-state index in [1.165, 1.54) is 18.2 Å². The van der Waals surface area contributed by atoms with Crippen LogP contribution in [0, 0.1) is 3.57 Å². The number of aliphatic hydroxyl groups excluding tert-OH is 1. The number of rotatable bonds is 4. The molecule has 1 aromatic rings. The first-order valence-electron chi connectivity index (χ1n) is 7.37. The lowest BCUT2D eigenvalue weighted by atomic mass is 9.96. The third-order valence-electron chi connectivity index (χ3n) is 3.89. The second kappa shape index (κ2) is 6.83. The topological polar surface area (TPSA) is 105 Å². The fourth-order valence-corrected chi connectivity index (χ4v) is 2.87. The molecule has 3 rings (SSSR count).